The van der Waals surface area contributed by atoms with Gasteiger partial charge < -0.3 is 4.42 Å². The Kier molecular flexibility index (Phi) is 3.15. The van der Waals surface area contributed by atoms with Crippen LogP contribution in [-0.4, -0.2) is 24.8 Å². The minimum atomic E-state index is 0.587. The summed E-state index contributed by atoms with van der Waals surface area (Å²) in [6.07, 6.45) is 4.40. The molecule has 4 aromatic rings. The van der Waals surface area contributed by atoms with Gasteiger partial charge in [0.2, 0.25) is 11.8 Å². The molecule has 0 aliphatic rings. The second-order valence-corrected chi connectivity index (χ2v) is 5.48. The number of benzene rings is 1. The van der Waals surface area contributed by atoms with E-state index >= 15 is 0 Å². The third kappa shape index (κ3) is 2.59. The third-order valence-corrected chi connectivity index (χ3v) is 3.70. The summed E-state index contributed by atoms with van der Waals surface area (Å²) in [7, 11) is 0. The highest BCUT2D eigenvalue weighted by molar-refractivity contribution is 5.77. The fourth-order valence-electron chi connectivity index (χ4n) is 2.55. The van der Waals surface area contributed by atoms with E-state index in [1.807, 2.05) is 25.4 Å². The highest BCUT2D eigenvalue weighted by Crippen LogP contribution is 2.24. The molecule has 0 atom stereocenters. The van der Waals surface area contributed by atoms with E-state index in [1.165, 1.54) is 0 Å². The van der Waals surface area contributed by atoms with Crippen LogP contribution in [0.3, 0.4) is 0 Å². The van der Waals surface area contributed by atoms with Gasteiger partial charge in [-0.15, -0.1) is 10.2 Å². The second kappa shape index (κ2) is 5.31. The van der Waals surface area contributed by atoms with Gasteiger partial charge in [0.25, 0.3) is 0 Å². The number of fused-ring (bicyclic) bond motifs is 1. The molecule has 0 N–H and O–H groups in total. The number of hydrogen-bond donors (Lipinski definition) is 0. The van der Waals surface area contributed by atoms with Crippen molar-refractivity contribution in [3.8, 4) is 11.1 Å². The zero-order valence-corrected chi connectivity index (χ0v) is 12.9. The standard InChI is InChI=1S/C17H15N5O/c1-11-7-8-22-17(19-11)15(10-18-22)14-5-3-13(4-6-14)9-16-21-20-12(2)23-16/h3-8,10H,9H2,1-2H3. The van der Waals surface area contributed by atoms with Crippen LogP contribution in [0.25, 0.3) is 16.8 Å². The molecule has 0 saturated heterocycles. The van der Waals surface area contributed by atoms with E-state index in [2.05, 4.69) is 44.5 Å². The first-order valence-corrected chi connectivity index (χ1v) is 7.38. The van der Waals surface area contributed by atoms with Crippen molar-refractivity contribution in [1.29, 1.82) is 0 Å². The Morgan fingerprint density at radius 2 is 1.87 bits per heavy atom. The molecule has 0 spiro atoms. The first-order chi connectivity index (χ1) is 11.2. The average molecular weight is 305 g/mol. The van der Waals surface area contributed by atoms with Crippen molar-refractivity contribution in [3.63, 3.8) is 0 Å². The molecule has 6 heteroatoms. The zero-order chi connectivity index (χ0) is 15.8. The minimum Gasteiger partial charge on any atom is -0.425 e. The Bertz CT molecular complexity index is 968. The molecule has 23 heavy (non-hydrogen) atoms. The number of aryl methyl sites for hydroxylation is 2. The quantitative estimate of drug-likeness (QED) is 0.582. The smallest absolute Gasteiger partial charge is 0.220 e. The molecule has 0 aliphatic carbocycles. The molecule has 0 bridgehead atoms. The van der Waals surface area contributed by atoms with Crippen molar-refractivity contribution in [2.75, 3.05) is 0 Å². The molecule has 0 radical (unpaired) electrons. The fraction of sp³-hybridized carbons (Fsp3) is 0.176. The topological polar surface area (TPSA) is 69.1 Å². The lowest BCUT2D eigenvalue weighted by Crippen LogP contribution is -1.92. The SMILES string of the molecule is Cc1ccn2ncc(-c3ccc(Cc4nnc(C)o4)cc3)c2n1. The summed E-state index contributed by atoms with van der Waals surface area (Å²) in [6, 6.07) is 10.2. The van der Waals surface area contributed by atoms with Crippen molar-refractivity contribution in [2.45, 2.75) is 20.3 Å². The summed E-state index contributed by atoms with van der Waals surface area (Å²) >= 11 is 0. The number of hydrogen-bond acceptors (Lipinski definition) is 5. The maximum Gasteiger partial charge on any atom is 0.220 e. The van der Waals surface area contributed by atoms with Crippen molar-refractivity contribution in [3.05, 3.63) is 65.8 Å². The van der Waals surface area contributed by atoms with E-state index in [1.54, 1.807) is 11.4 Å². The van der Waals surface area contributed by atoms with Gasteiger partial charge in [-0.1, -0.05) is 24.3 Å². The highest BCUT2D eigenvalue weighted by atomic mass is 16.4. The minimum absolute atomic E-state index is 0.587. The Labute approximate surface area is 132 Å². The van der Waals surface area contributed by atoms with Crippen LogP contribution in [0.15, 0.2) is 47.1 Å². The molecule has 0 unspecified atom stereocenters. The predicted molar refractivity (Wildman–Crippen MR) is 85.0 cm³/mol. The van der Waals surface area contributed by atoms with Gasteiger partial charge in [0.15, 0.2) is 5.65 Å². The molecule has 1 aromatic carbocycles. The molecule has 0 saturated carbocycles. The summed E-state index contributed by atoms with van der Waals surface area (Å²) in [6.45, 7) is 3.77. The monoisotopic (exact) mass is 305 g/mol. The lowest BCUT2D eigenvalue weighted by molar-refractivity contribution is 0.477. The van der Waals surface area contributed by atoms with E-state index in [0.29, 0.717) is 18.2 Å². The van der Waals surface area contributed by atoms with Crippen molar-refractivity contribution in [1.82, 2.24) is 24.8 Å². The normalized spacial score (nSPS) is 11.2. The van der Waals surface area contributed by atoms with Crippen LogP contribution in [-0.2, 0) is 6.42 Å². The number of rotatable bonds is 3. The Hall–Kier alpha value is -3.02. The van der Waals surface area contributed by atoms with Crippen LogP contribution in [0.5, 0.6) is 0 Å². The van der Waals surface area contributed by atoms with Crippen LogP contribution in [0.1, 0.15) is 23.0 Å². The third-order valence-electron chi connectivity index (χ3n) is 3.70. The molecule has 0 amide bonds. The summed E-state index contributed by atoms with van der Waals surface area (Å²) in [5.74, 6) is 1.22. The van der Waals surface area contributed by atoms with Gasteiger partial charge in [-0.25, -0.2) is 9.50 Å². The molecule has 0 aliphatic heterocycles. The van der Waals surface area contributed by atoms with Crippen LogP contribution in [0, 0.1) is 13.8 Å². The fourth-order valence-corrected chi connectivity index (χ4v) is 2.55. The average Bonchev–Trinajstić information content (AvgIpc) is 3.14. The molecular formula is C17H15N5O. The summed E-state index contributed by atoms with van der Waals surface area (Å²) in [5.41, 5.74) is 5.07. The van der Waals surface area contributed by atoms with Gasteiger partial charge in [0.1, 0.15) is 0 Å². The van der Waals surface area contributed by atoms with Crippen molar-refractivity contribution >= 4 is 5.65 Å². The van der Waals surface area contributed by atoms with Crippen LogP contribution >= 0.6 is 0 Å². The van der Waals surface area contributed by atoms with Crippen molar-refractivity contribution < 1.29 is 4.42 Å². The van der Waals surface area contributed by atoms with Gasteiger partial charge in [-0.05, 0) is 24.1 Å². The van der Waals surface area contributed by atoms with Crippen LogP contribution < -0.4 is 0 Å². The maximum absolute atomic E-state index is 5.42. The first-order valence-electron chi connectivity index (χ1n) is 7.38. The Morgan fingerprint density at radius 3 is 2.61 bits per heavy atom. The van der Waals surface area contributed by atoms with Gasteiger partial charge in [-0.3, -0.25) is 0 Å². The Morgan fingerprint density at radius 1 is 1.04 bits per heavy atom. The van der Waals surface area contributed by atoms with E-state index < -0.39 is 0 Å². The largest absolute Gasteiger partial charge is 0.425 e. The van der Waals surface area contributed by atoms with Gasteiger partial charge in [0.05, 0.1) is 12.6 Å². The van der Waals surface area contributed by atoms with E-state index in [9.17, 15) is 0 Å². The highest BCUT2D eigenvalue weighted by Gasteiger charge is 2.09. The van der Waals surface area contributed by atoms with Gasteiger partial charge in [-0.2, -0.15) is 5.10 Å². The predicted octanol–water partition coefficient (Wildman–Crippen LogP) is 2.99. The number of aromatic nitrogens is 5. The maximum atomic E-state index is 5.42. The van der Waals surface area contributed by atoms with E-state index in [-0.39, 0.29) is 0 Å². The second-order valence-electron chi connectivity index (χ2n) is 5.48. The first kappa shape index (κ1) is 13.6. The Balaban J connectivity index is 1.65. The molecular weight excluding hydrogens is 290 g/mol. The number of nitrogens with zero attached hydrogens (tertiary/aromatic N) is 5. The molecule has 3 heterocycles. The van der Waals surface area contributed by atoms with Gasteiger partial charge >= 0.3 is 0 Å². The van der Waals surface area contributed by atoms with E-state index in [4.69, 9.17) is 4.42 Å². The molecule has 3 aromatic heterocycles. The molecule has 6 nitrogen and oxygen atoms in total. The van der Waals surface area contributed by atoms with Crippen LogP contribution in [0.4, 0.5) is 0 Å². The lowest BCUT2D eigenvalue weighted by atomic mass is 10.1. The van der Waals surface area contributed by atoms with E-state index in [0.717, 1.165) is 28.0 Å². The molecule has 4 rings (SSSR count). The zero-order valence-electron chi connectivity index (χ0n) is 12.9. The summed E-state index contributed by atoms with van der Waals surface area (Å²) < 4.78 is 7.20. The summed E-state index contributed by atoms with van der Waals surface area (Å²) in [5, 5.41) is 12.2. The molecule has 0 fully saturated rings. The summed E-state index contributed by atoms with van der Waals surface area (Å²) in [4.78, 5) is 4.57. The molecule has 114 valence electrons. The lowest BCUT2D eigenvalue weighted by Gasteiger charge is -2.02. The van der Waals surface area contributed by atoms with Crippen LogP contribution in [0.2, 0.25) is 0 Å². The van der Waals surface area contributed by atoms with Gasteiger partial charge in [0, 0.05) is 24.4 Å². The van der Waals surface area contributed by atoms with Crippen molar-refractivity contribution in [2.24, 2.45) is 0 Å².